The van der Waals surface area contributed by atoms with Gasteiger partial charge in [0.15, 0.2) is 0 Å². The van der Waals surface area contributed by atoms with Gasteiger partial charge in [0, 0.05) is 61.6 Å². The highest BCUT2D eigenvalue weighted by Crippen LogP contribution is 2.38. The van der Waals surface area contributed by atoms with Crippen LogP contribution in [0.2, 0.25) is 0 Å². The summed E-state index contributed by atoms with van der Waals surface area (Å²) in [6.07, 6.45) is 5.81. The summed E-state index contributed by atoms with van der Waals surface area (Å²) in [5.74, 6) is 0. The molecule has 0 bridgehead atoms. The lowest BCUT2D eigenvalue weighted by Crippen LogP contribution is -1.96. The first-order valence-corrected chi connectivity index (χ1v) is 17.2. The number of aromatic amines is 1. The van der Waals surface area contributed by atoms with Gasteiger partial charge in [0.05, 0.1) is 39.5 Å². The summed E-state index contributed by atoms with van der Waals surface area (Å²) in [5.41, 5.74) is 14.5. The Bertz CT molecular complexity index is 3140. The Morgan fingerprint density at radius 2 is 1.06 bits per heavy atom. The minimum Gasteiger partial charge on any atom is -0.355 e. The summed E-state index contributed by atoms with van der Waals surface area (Å²) < 4.78 is 4.65. The fourth-order valence-corrected chi connectivity index (χ4v) is 8.03. The predicted octanol–water partition coefficient (Wildman–Crippen LogP) is 11.6. The SMILES string of the molecule is c1ccc(-n2c3ccc(-c4cncc(-n5c6ccccc6c6ccc(-c7ccc8[nH]c9ccccc9c8c7)cc65)c4)cc3c3ncccc32)cc1. The third kappa shape index (κ3) is 4.22. The average Bonchev–Trinajstić information content (AvgIpc) is 3.85. The number of H-pyrrole nitrogens is 1. The molecule has 0 saturated heterocycles. The molecule has 5 heteroatoms. The molecule has 0 aliphatic rings. The van der Waals surface area contributed by atoms with Crippen LogP contribution in [0.15, 0.2) is 170 Å². The number of hydrogen-bond donors (Lipinski definition) is 1. The van der Waals surface area contributed by atoms with Crippen LogP contribution in [-0.2, 0) is 0 Å². The Balaban J connectivity index is 1.08. The minimum atomic E-state index is 0.989. The number of aromatic nitrogens is 5. The van der Waals surface area contributed by atoms with E-state index in [0.717, 1.165) is 66.5 Å². The zero-order valence-corrected chi connectivity index (χ0v) is 27.5. The highest BCUT2D eigenvalue weighted by Gasteiger charge is 2.17. The van der Waals surface area contributed by atoms with E-state index in [4.69, 9.17) is 9.97 Å². The number of hydrogen-bond acceptors (Lipinski definition) is 2. The van der Waals surface area contributed by atoms with Gasteiger partial charge in [0.1, 0.15) is 0 Å². The molecule has 5 heterocycles. The van der Waals surface area contributed by atoms with Crippen LogP contribution in [0.25, 0.3) is 99.2 Å². The number of para-hydroxylation sites is 3. The van der Waals surface area contributed by atoms with Gasteiger partial charge in [-0.2, -0.15) is 0 Å². The second-order valence-electron chi connectivity index (χ2n) is 13.2. The Labute approximate surface area is 292 Å². The van der Waals surface area contributed by atoms with Crippen molar-refractivity contribution in [3.63, 3.8) is 0 Å². The summed E-state index contributed by atoms with van der Waals surface area (Å²) >= 11 is 0. The summed E-state index contributed by atoms with van der Waals surface area (Å²) in [5, 5.41) is 6.03. The number of rotatable bonds is 4. The molecule has 0 radical (unpaired) electrons. The summed E-state index contributed by atoms with van der Waals surface area (Å²) in [6, 6.07) is 54.3. The van der Waals surface area contributed by atoms with Crippen LogP contribution in [0.5, 0.6) is 0 Å². The third-order valence-electron chi connectivity index (χ3n) is 10.4. The van der Waals surface area contributed by atoms with Gasteiger partial charge in [-0.15, -0.1) is 0 Å². The Morgan fingerprint density at radius 1 is 0.392 bits per heavy atom. The number of fused-ring (bicyclic) bond motifs is 9. The van der Waals surface area contributed by atoms with Crippen molar-refractivity contribution in [1.29, 1.82) is 0 Å². The monoisotopic (exact) mass is 651 g/mol. The van der Waals surface area contributed by atoms with E-state index in [1.807, 2.05) is 24.7 Å². The smallest absolute Gasteiger partial charge is 0.0963 e. The van der Waals surface area contributed by atoms with Crippen molar-refractivity contribution in [3.8, 4) is 33.6 Å². The highest BCUT2D eigenvalue weighted by atomic mass is 15.0. The van der Waals surface area contributed by atoms with Gasteiger partial charge in [-0.25, -0.2) is 0 Å². The molecule has 11 rings (SSSR count). The standard InChI is InChI=1S/C46H29N5/c1-2-9-33(10-3-1)50-43-21-18-30(25-39(43)46-44(50)15-8-22-48-46)32-23-34(28-47-27-32)51-42-14-7-5-12-36(42)37-19-16-31(26-45(37)51)29-17-20-41-38(24-29)35-11-4-6-13-40(35)49-41/h1-28,49H. The zero-order valence-electron chi connectivity index (χ0n) is 27.5. The second kappa shape index (κ2) is 10.8. The fraction of sp³-hybridized carbons (Fsp3) is 0. The summed E-state index contributed by atoms with van der Waals surface area (Å²) in [6.45, 7) is 0. The first kappa shape index (κ1) is 27.9. The minimum absolute atomic E-state index is 0.989. The van der Waals surface area contributed by atoms with Crippen LogP contribution in [0, 0.1) is 0 Å². The molecular formula is C46H29N5. The van der Waals surface area contributed by atoms with Crippen molar-refractivity contribution in [3.05, 3.63) is 170 Å². The zero-order chi connectivity index (χ0) is 33.5. The van der Waals surface area contributed by atoms with Crippen LogP contribution >= 0.6 is 0 Å². The number of benzene rings is 6. The Morgan fingerprint density at radius 3 is 2.00 bits per heavy atom. The average molecular weight is 652 g/mol. The van der Waals surface area contributed by atoms with Crippen molar-refractivity contribution < 1.29 is 0 Å². The number of pyridine rings is 2. The molecule has 11 aromatic rings. The molecule has 51 heavy (non-hydrogen) atoms. The third-order valence-corrected chi connectivity index (χ3v) is 10.4. The van der Waals surface area contributed by atoms with Crippen LogP contribution < -0.4 is 0 Å². The molecule has 0 aliphatic heterocycles. The normalized spacial score (nSPS) is 11.9. The van der Waals surface area contributed by atoms with Gasteiger partial charge >= 0.3 is 0 Å². The summed E-state index contributed by atoms with van der Waals surface area (Å²) in [4.78, 5) is 13.2. The first-order valence-electron chi connectivity index (χ1n) is 17.2. The molecule has 0 aliphatic carbocycles. The van der Waals surface area contributed by atoms with E-state index >= 15 is 0 Å². The number of nitrogens with zero attached hydrogens (tertiary/aromatic N) is 4. The molecule has 5 aromatic heterocycles. The maximum absolute atomic E-state index is 4.84. The molecule has 0 atom stereocenters. The molecule has 0 saturated carbocycles. The van der Waals surface area contributed by atoms with E-state index in [2.05, 4.69) is 160 Å². The number of nitrogens with one attached hydrogen (secondary N) is 1. The lowest BCUT2D eigenvalue weighted by atomic mass is 10.0. The quantitative estimate of drug-likeness (QED) is 0.206. The van der Waals surface area contributed by atoms with Crippen molar-refractivity contribution >= 4 is 65.5 Å². The van der Waals surface area contributed by atoms with Crippen LogP contribution in [0.1, 0.15) is 0 Å². The topological polar surface area (TPSA) is 51.4 Å². The summed E-state index contributed by atoms with van der Waals surface area (Å²) in [7, 11) is 0. The van der Waals surface area contributed by atoms with Crippen LogP contribution in [-0.4, -0.2) is 24.1 Å². The molecule has 5 nitrogen and oxygen atoms in total. The maximum Gasteiger partial charge on any atom is 0.0963 e. The second-order valence-corrected chi connectivity index (χ2v) is 13.2. The van der Waals surface area contributed by atoms with Gasteiger partial charge in [-0.3, -0.25) is 9.97 Å². The van der Waals surface area contributed by atoms with E-state index < -0.39 is 0 Å². The van der Waals surface area contributed by atoms with E-state index in [1.54, 1.807) is 0 Å². The molecule has 0 unspecified atom stereocenters. The molecule has 238 valence electrons. The molecular weight excluding hydrogens is 623 g/mol. The van der Waals surface area contributed by atoms with E-state index in [9.17, 15) is 0 Å². The molecule has 0 fully saturated rings. The van der Waals surface area contributed by atoms with E-state index in [0.29, 0.717) is 0 Å². The van der Waals surface area contributed by atoms with Gasteiger partial charge in [-0.1, -0.05) is 78.9 Å². The molecule has 6 aromatic carbocycles. The van der Waals surface area contributed by atoms with Crippen molar-refractivity contribution in [1.82, 2.24) is 24.1 Å². The lowest BCUT2D eigenvalue weighted by molar-refractivity contribution is 1.14. The van der Waals surface area contributed by atoms with Crippen molar-refractivity contribution in [2.45, 2.75) is 0 Å². The van der Waals surface area contributed by atoms with Crippen LogP contribution in [0.3, 0.4) is 0 Å². The molecule has 1 N–H and O–H groups in total. The highest BCUT2D eigenvalue weighted by molar-refractivity contribution is 6.12. The molecule has 0 spiro atoms. The Hall–Kier alpha value is -6.98. The maximum atomic E-state index is 4.84. The Kier molecular flexibility index (Phi) is 5.89. The largest absolute Gasteiger partial charge is 0.355 e. The van der Waals surface area contributed by atoms with Crippen molar-refractivity contribution in [2.75, 3.05) is 0 Å². The van der Waals surface area contributed by atoms with Gasteiger partial charge in [-0.05, 0) is 89.5 Å². The van der Waals surface area contributed by atoms with E-state index in [-0.39, 0.29) is 0 Å². The van der Waals surface area contributed by atoms with Crippen molar-refractivity contribution in [2.24, 2.45) is 0 Å². The van der Waals surface area contributed by atoms with E-state index in [1.165, 1.54) is 32.7 Å². The van der Waals surface area contributed by atoms with Gasteiger partial charge in [0.25, 0.3) is 0 Å². The van der Waals surface area contributed by atoms with Crippen LogP contribution in [0.4, 0.5) is 0 Å². The predicted molar refractivity (Wildman–Crippen MR) is 211 cm³/mol. The first-order chi connectivity index (χ1) is 25.3. The lowest BCUT2D eigenvalue weighted by Gasteiger charge is -2.11. The van der Waals surface area contributed by atoms with Gasteiger partial charge < -0.3 is 14.1 Å². The van der Waals surface area contributed by atoms with Gasteiger partial charge in [0.2, 0.25) is 0 Å². The molecule has 0 amide bonds. The fourth-order valence-electron chi connectivity index (χ4n) is 8.03.